The summed E-state index contributed by atoms with van der Waals surface area (Å²) in [7, 11) is 0. The molecule has 0 spiro atoms. The molecule has 3 rings (SSSR count). The van der Waals surface area contributed by atoms with E-state index in [1.807, 2.05) is 13.0 Å². The standard InChI is InChI=1S/C14H12N2S2/c1-9-15-13(17-2)11-8-12(18-14(11)16-9)10-6-4-3-5-7-10/h3-8H,1-2H3. The number of thiophene rings is 1. The van der Waals surface area contributed by atoms with Gasteiger partial charge in [-0.1, -0.05) is 30.3 Å². The molecule has 4 heteroatoms. The Hall–Kier alpha value is -1.39. The second-order valence-corrected chi connectivity index (χ2v) is 5.80. The third kappa shape index (κ3) is 2.02. The first-order valence-corrected chi connectivity index (χ1v) is 7.69. The molecule has 0 aliphatic rings. The number of hydrogen-bond donors (Lipinski definition) is 0. The van der Waals surface area contributed by atoms with Gasteiger partial charge < -0.3 is 0 Å². The minimum absolute atomic E-state index is 0.841. The topological polar surface area (TPSA) is 25.8 Å². The van der Waals surface area contributed by atoms with Gasteiger partial charge in [-0.2, -0.15) is 0 Å². The highest BCUT2D eigenvalue weighted by Crippen LogP contribution is 2.35. The Balaban J connectivity index is 2.23. The lowest BCUT2D eigenvalue weighted by Gasteiger charge is -1.98. The van der Waals surface area contributed by atoms with Crippen LogP contribution in [0.15, 0.2) is 41.4 Å². The third-order valence-corrected chi connectivity index (χ3v) is 4.50. The Morgan fingerprint density at radius 2 is 1.89 bits per heavy atom. The highest BCUT2D eigenvalue weighted by Gasteiger charge is 2.10. The first-order valence-electron chi connectivity index (χ1n) is 5.65. The molecular weight excluding hydrogens is 260 g/mol. The van der Waals surface area contributed by atoms with Gasteiger partial charge in [-0.25, -0.2) is 9.97 Å². The van der Waals surface area contributed by atoms with Crippen LogP contribution >= 0.6 is 23.1 Å². The Morgan fingerprint density at radius 1 is 1.11 bits per heavy atom. The number of aromatic nitrogens is 2. The van der Waals surface area contributed by atoms with Gasteiger partial charge in [-0.05, 0) is 24.8 Å². The van der Waals surface area contributed by atoms with Gasteiger partial charge in [-0.3, -0.25) is 0 Å². The Labute approximate surface area is 114 Å². The van der Waals surface area contributed by atoms with Crippen molar-refractivity contribution in [3.63, 3.8) is 0 Å². The number of aryl methyl sites for hydroxylation is 1. The van der Waals surface area contributed by atoms with Crippen LogP contribution in [0.25, 0.3) is 20.7 Å². The summed E-state index contributed by atoms with van der Waals surface area (Å²) < 4.78 is 0. The van der Waals surface area contributed by atoms with Crippen LogP contribution in [0.3, 0.4) is 0 Å². The lowest BCUT2D eigenvalue weighted by molar-refractivity contribution is 1.02. The zero-order valence-electron chi connectivity index (χ0n) is 10.2. The summed E-state index contributed by atoms with van der Waals surface area (Å²) >= 11 is 3.41. The van der Waals surface area contributed by atoms with Gasteiger partial charge in [0.2, 0.25) is 0 Å². The van der Waals surface area contributed by atoms with Gasteiger partial charge in [0, 0.05) is 10.3 Å². The number of fused-ring (bicyclic) bond motifs is 1. The summed E-state index contributed by atoms with van der Waals surface area (Å²) in [6.07, 6.45) is 2.06. The summed E-state index contributed by atoms with van der Waals surface area (Å²) in [5.74, 6) is 0.841. The molecule has 2 aromatic heterocycles. The Morgan fingerprint density at radius 3 is 2.61 bits per heavy atom. The van der Waals surface area contributed by atoms with Crippen LogP contribution in [0.4, 0.5) is 0 Å². The minimum atomic E-state index is 0.841. The summed E-state index contributed by atoms with van der Waals surface area (Å²) in [6.45, 7) is 1.95. The molecule has 0 radical (unpaired) electrons. The SMILES string of the molecule is CSc1nc(C)nc2sc(-c3ccccc3)cc12. The van der Waals surface area contributed by atoms with E-state index in [1.54, 1.807) is 23.1 Å². The second kappa shape index (κ2) is 4.71. The van der Waals surface area contributed by atoms with E-state index >= 15 is 0 Å². The smallest absolute Gasteiger partial charge is 0.128 e. The van der Waals surface area contributed by atoms with Crippen molar-refractivity contribution in [2.45, 2.75) is 11.9 Å². The molecule has 0 bridgehead atoms. The van der Waals surface area contributed by atoms with E-state index in [-0.39, 0.29) is 0 Å². The predicted molar refractivity (Wildman–Crippen MR) is 79.4 cm³/mol. The molecule has 3 aromatic rings. The molecular formula is C14H12N2S2. The molecule has 0 unspecified atom stereocenters. The number of nitrogens with zero attached hydrogens (tertiary/aromatic N) is 2. The molecule has 0 saturated heterocycles. The molecule has 0 amide bonds. The van der Waals surface area contributed by atoms with E-state index in [1.165, 1.54) is 10.4 Å². The van der Waals surface area contributed by atoms with Crippen molar-refractivity contribution in [2.75, 3.05) is 6.26 Å². The first kappa shape index (κ1) is 11.7. The summed E-state index contributed by atoms with van der Waals surface area (Å²) in [4.78, 5) is 11.3. The van der Waals surface area contributed by atoms with Crippen LogP contribution in [0.1, 0.15) is 5.82 Å². The average Bonchev–Trinajstić information content (AvgIpc) is 2.82. The highest BCUT2D eigenvalue weighted by atomic mass is 32.2. The molecule has 0 saturated carbocycles. The summed E-state index contributed by atoms with van der Waals surface area (Å²) in [5.41, 5.74) is 1.24. The molecule has 2 nitrogen and oxygen atoms in total. The van der Waals surface area contributed by atoms with Gasteiger partial charge in [0.15, 0.2) is 0 Å². The van der Waals surface area contributed by atoms with E-state index in [2.05, 4.69) is 46.6 Å². The van der Waals surface area contributed by atoms with Crippen LogP contribution in [0, 0.1) is 6.92 Å². The molecule has 0 atom stereocenters. The first-order chi connectivity index (χ1) is 8.78. The highest BCUT2D eigenvalue weighted by molar-refractivity contribution is 7.98. The molecule has 0 fully saturated rings. The maximum atomic E-state index is 4.52. The van der Waals surface area contributed by atoms with Crippen molar-refractivity contribution in [2.24, 2.45) is 0 Å². The van der Waals surface area contributed by atoms with E-state index in [4.69, 9.17) is 0 Å². The lowest BCUT2D eigenvalue weighted by Crippen LogP contribution is -1.88. The summed E-state index contributed by atoms with van der Waals surface area (Å²) in [6, 6.07) is 12.6. The van der Waals surface area contributed by atoms with E-state index in [0.717, 1.165) is 21.1 Å². The molecule has 0 aliphatic carbocycles. The van der Waals surface area contributed by atoms with Gasteiger partial charge in [0.25, 0.3) is 0 Å². The third-order valence-electron chi connectivity index (χ3n) is 2.72. The zero-order chi connectivity index (χ0) is 12.5. The Kier molecular flexibility index (Phi) is 3.06. The second-order valence-electron chi connectivity index (χ2n) is 3.98. The van der Waals surface area contributed by atoms with E-state index in [9.17, 15) is 0 Å². The fraction of sp³-hybridized carbons (Fsp3) is 0.143. The molecule has 1 aromatic carbocycles. The van der Waals surface area contributed by atoms with Crippen LogP contribution in [0.2, 0.25) is 0 Å². The maximum Gasteiger partial charge on any atom is 0.128 e. The van der Waals surface area contributed by atoms with Gasteiger partial charge >= 0.3 is 0 Å². The maximum absolute atomic E-state index is 4.52. The lowest BCUT2D eigenvalue weighted by atomic mass is 10.2. The number of benzene rings is 1. The van der Waals surface area contributed by atoms with Gasteiger partial charge in [0.1, 0.15) is 15.7 Å². The number of thioether (sulfide) groups is 1. The van der Waals surface area contributed by atoms with Gasteiger partial charge in [0.05, 0.1) is 0 Å². The Bertz CT molecular complexity index is 690. The monoisotopic (exact) mass is 272 g/mol. The quantitative estimate of drug-likeness (QED) is 0.511. The largest absolute Gasteiger partial charge is 0.226 e. The van der Waals surface area contributed by atoms with Crippen molar-refractivity contribution in [3.8, 4) is 10.4 Å². The molecule has 90 valence electrons. The van der Waals surface area contributed by atoms with Crippen LogP contribution in [-0.4, -0.2) is 16.2 Å². The van der Waals surface area contributed by atoms with Crippen LogP contribution < -0.4 is 0 Å². The average molecular weight is 272 g/mol. The van der Waals surface area contributed by atoms with E-state index in [0.29, 0.717) is 0 Å². The summed E-state index contributed by atoms with van der Waals surface area (Å²) in [5, 5.41) is 2.23. The van der Waals surface area contributed by atoms with Crippen molar-refractivity contribution < 1.29 is 0 Å². The molecule has 0 aliphatic heterocycles. The normalized spacial score (nSPS) is 11.0. The fourth-order valence-electron chi connectivity index (χ4n) is 1.90. The van der Waals surface area contributed by atoms with Crippen molar-refractivity contribution >= 4 is 33.3 Å². The number of hydrogen-bond acceptors (Lipinski definition) is 4. The predicted octanol–water partition coefficient (Wildman–Crippen LogP) is 4.39. The fourth-order valence-corrected chi connectivity index (χ4v) is 3.64. The van der Waals surface area contributed by atoms with E-state index < -0.39 is 0 Å². The van der Waals surface area contributed by atoms with Crippen LogP contribution in [0.5, 0.6) is 0 Å². The van der Waals surface area contributed by atoms with Crippen molar-refractivity contribution in [1.29, 1.82) is 0 Å². The van der Waals surface area contributed by atoms with Crippen molar-refractivity contribution in [1.82, 2.24) is 9.97 Å². The number of rotatable bonds is 2. The van der Waals surface area contributed by atoms with Crippen molar-refractivity contribution in [3.05, 3.63) is 42.2 Å². The zero-order valence-corrected chi connectivity index (χ0v) is 11.8. The molecule has 18 heavy (non-hydrogen) atoms. The van der Waals surface area contributed by atoms with Gasteiger partial charge in [-0.15, -0.1) is 23.1 Å². The molecule has 0 N–H and O–H groups in total. The van der Waals surface area contributed by atoms with Crippen LogP contribution in [-0.2, 0) is 0 Å². The molecule has 2 heterocycles. The minimum Gasteiger partial charge on any atom is -0.226 e.